The van der Waals surface area contributed by atoms with Crippen molar-refractivity contribution in [2.24, 2.45) is 5.92 Å². The highest BCUT2D eigenvalue weighted by Gasteiger charge is 2.16. The molecule has 1 aliphatic rings. The molecule has 2 N–H and O–H groups in total. The van der Waals surface area contributed by atoms with E-state index in [0.29, 0.717) is 42.2 Å². The fourth-order valence-electron chi connectivity index (χ4n) is 3.13. The van der Waals surface area contributed by atoms with Crippen molar-refractivity contribution >= 4 is 17.4 Å². The molecule has 128 valence electrons. The highest BCUT2D eigenvalue weighted by atomic mass is 16.1. The summed E-state index contributed by atoms with van der Waals surface area (Å²) in [5.74, 6) is 0.592. The Balaban J connectivity index is 1.77. The predicted molar refractivity (Wildman–Crippen MR) is 93.9 cm³/mol. The summed E-state index contributed by atoms with van der Waals surface area (Å²) < 4.78 is 0. The molecule has 0 spiro atoms. The summed E-state index contributed by atoms with van der Waals surface area (Å²) in [7, 11) is 0. The average molecular weight is 327 g/mol. The molecule has 1 aromatic rings. The first kappa shape index (κ1) is 18.0. The second-order valence-corrected chi connectivity index (χ2v) is 6.41. The predicted octanol–water partition coefficient (Wildman–Crippen LogP) is 3.26. The quantitative estimate of drug-likeness (QED) is 0.595. The molecular weight excluding hydrogens is 302 g/mol. The van der Waals surface area contributed by atoms with Crippen molar-refractivity contribution < 1.29 is 9.59 Å². The number of ketones is 1. The van der Waals surface area contributed by atoms with E-state index in [1.807, 2.05) is 0 Å². The van der Waals surface area contributed by atoms with E-state index in [4.69, 9.17) is 5.26 Å². The van der Waals surface area contributed by atoms with E-state index in [1.54, 1.807) is 18.2 Å². The molecule has 0 bridgehead atoms. The third-order valence-electron chi connectivity index (χ3n) is 4.51. The van der Waals surface area contributed by atoms with E-state index in [0.717, 1.165) is 12.8 Å². The Kier molecular flexibility index (Phi) is 6.80. The van der Waals surface area contributed by atoms with Crippen LogP contribution in [0.5, 0.6) is 0 Å². The lowest BCUT2D eigenvalue weighted by Crippen LogP contribution is -2.30. The smallest absolute Gasteiger partial charge is 0.220 e. The van der Waals surface area contributed by atoms with Crippen LogP contribution >= 0.6 is 0 Å². The van der Waals surface area contributed by atoms with Crippen molar-refractivity contribution in [2.45, 2.75) is 45.4 Å². The molecule has 5 heteroatoms. The molecule has 1 aliphatic carbocycles. The number of amides is 1. The first-order valence-corrected chi connectivity index (χ1v) is 8.66. The Hall–Kier alpha value is -2.35. The van der Waals surface area contributed by atoms with E-state index < -0.39 is 0 Å². The lowest BCUT2D eigenvalue weighted by atomic mass is 9.87. The Morgan fingerprint density at radius 1 is 1.21 bits per heavy atom. The average Bonchev–Trinajstić information content (AvgIpc) is 2.59. The van der Waals surface area contributed by atoms with Crippen molar-refractivity contribution in [3.63, 3.8) is 0 Å². The van der Waals surface area contributed by atoms with E-state index >= 15 is 0 Å². The zero-order chi connectivity index (χ0) is 17.4. The normalized spacial score (nSPS) is 14.7. The van der Waals surface area contributed by atoms with Crippen LogP contribution in [0.25, 0.3) is 0 Å². The number of benzene rings is 1. The molecule has 0 aliphatic heterocycles. The van der Waals surface area contributed by atoms with Crippen LogP contribution in [0.3, 0.4) is 0 Å². The zero-order valence-electron chi connectivity index (χ0n) is 14.2. The van der Waals surface area contributed by atoms with Crippen molar-refractivity contribution in [3.05, 3.63) is 29.3 Å². The summed E-state index contributed by atoms with van der Waals surface area (Å²) in [6.45, 7) is 2.52. The lowest BCUT2D eigenvalue weighted by Gasteiger charge is -2.20. The highest BCUT2D eigenvalue weighted by Crippen LogP contribution is 2.26. The molecule has 1 saturated carbocycles. The van der Waals surface area contributed by atoms with E-state index in [-0.39, 0.29) is 11.7 Å². The number of hydrogen-bond donors (Lipinski definition) is 2. The van der Waals surface area contributed by atoms with Crippen LogP contribution in [0.1, 0.15) is 61.4 Å². The number of Topliss-reactive ketones (excluding diaryl/α,β-unsaturated/α-hetero) is 1. The van der Waals surface area contributed by atoms with Crippen LogP contribution in [0, 0.1) is 17.2 Å². The molecule has 0 heterocycles. The topological polar surface area (TPSA) is 82.0 Å². The van der Waals surface area contributed by atoms with Gasteiger partial charge in [0.25, 0.3) is 0 Å². The summed E-state index contributed by atoms with van der Waals surface area (Å²) >= 11 is 0. The molecule has 24 heavy (non-hydrogen) atoms. The van der Waals surface area contributed by atoms with Gasteiger partial charge < -0.3 is 10.6 Å². The van der Waals surface area contributed by atoms with Gasteiger partial charge >= 0.3 is 0 Å². The molecule has 1 aromatic carbocycles. The maximum absolute atomic E-state index is 12.0. The van der Waals surface area contributed by atoms with Gasteiger partial charge in [-0.25, -0.2) is 0 Å². The molecule has 0 saturated heterocycles. The minimum atomic E-state index is -0.0386. The molecule has 0 aromatic heterocycles. The van der Waals surface area contributed by atoms with Crippen molar-refractivity contribution in [1.29, 1.82) is 5.26 Å². The molecule has 2 rings (SSSR count). The van der Waals surface area contributed by atoms with Gasteiger partial charge in [-0.1, -0.05) is 19.3 Å². The Labute approximate surface area is 143 Å². The molecule has 0 radical (unpaired) electrons. The van der Waals surface area contributed by atoms with Gasteiger partial charge in [0.2, 0.25) is 5.91 Å². The molecular formula is C19H25N3O2. The van der Waals surface area contributed by atoms with Crippen molar-refractivity contribution in [1.82, 2.24) is 5.32 Å². The van der Waals surface area contributed by atoms with Crippen LogP contribution < -0.4 is 10.6 Å². The third-order valence-corrected chi connectivity index (χ3v) is 4.51. The summed E-state index contributed by atoms with van der Waals surface area (Å²) in [5, 5.41) is 15.2. The van der Waals surface area contributed by atoms with Gasteiger partial charge in [0, 0.05) is 25.1 Å². The summed E-state index contributed by atoms with van der Waals surface area (Å²) in [5.41, 5.74) is 1.69. The number of hydrogen-bond acceptors (Lipinski definition) is 4. The third kappa shape index (κ3) is 5.38. The Bertz CT molecular complexity index is 628. The standard InChI is InChI=1S/C19H25N3O2/c1-14(23)16-7-8-17(13-20)18(12-16)21-9-10-22-19(24)11-15-5-3-2-4-6-15/h7-8,12,15,21H,2-6,9-11H2,1H3,(H,22,24). The van der Waals surface area contributed by atoms with Gasteiger partial charge in [0.05, 0.1) is 11.3 Å². The number of rotatable bonds is 7. The first-order chi connectivity index (χ1) is 11.6. The van der Waals surface area contributed by atoms with Crippen LogP contribution in [0.4, 0.5) is 5.69 Å². The van der Waals surface area contributed by atoms with Gasteiger partial charge in [-0.3, -0.25) is 9.59 Å². The first-order valence-electron chi connectivity index (χ1n) is 8.66. The second-order valence-electron chi connectivity index (χ2n) is 6.41. The van der Waals surface area contributed by atoms with E-state index in [1.165, 1.54) is 26.2 Å². The second kappa shape index (κ2) is 9.07. The van der Waals surface area contributed by atoms with Gasteiger partial charge in [-0.2, -0.15) is 5.26 Å². The number of nitrogens with zero attached hydrogens (tertiary/aromatic N) is 1. The van der Waals surface area contributed by atoms with E-state index in [2.05, 4.69) is 16.7 Å². The fraction of sp³-hybridized carbons (Fsp3) is 0.526. The van der Waals surface area contributed by atoms with Gasteiger partial charge in [-0.05, 0) is 43.9 Å². The number of carbonyl (C=O) groups excluding carboxylic acids is 2. The van der Waals surface area contributed by atoms with Crippen LogP contribution in [0.2, 0.25) is 0 Å². The SMILES string of the molecule is CC(=O)c1ccc(C#N)c(NCCNC(=O)CC2CCCCC2)c1. The maximum Gasteiger partial charge on any atom is 0.220 e. The van der Waals surface area contributed by atoms with Crippen molar-refractivity contribution in [3.8, 4) is 6.07 Å². The Morgan fingerprint density at radius 3 is 2.62 bits per heavy atom. The zero-order valence-corrected chi connectivity index (χ0v) is 14.2. The van der Waals surface area contributed by atoms with Crippen LogP contribution in [-0.4, -0.2) is 24.8 Å². The lowest BCUT2D eigenvalue weighted by molar-refractivity contribution is -0.122. The molecule has 0 unspecified atom stereocenters. The number of nitrogens with one attached hydrogen (secondary N) is 2. The molecule has 0 atom stereocenters. The molecule has 5 nitrogen and oxygen atoms in total. The Morgan fingerprint density at radius 2 is 1.96 bits per heavy atom. The number of nitriles is 1. The number of anilines is 1. The minimum absolute atomic E-state index is 0.0386. The van der Waals surface area contributed by atoms with E-state index in [9.17, 15) is 9.59 Å². The summed E-state index contributed by atoms with van der Waals surface area (Å²) in [6, 6.07) is 7.08. The fourth-order valence-corrected chi connectivity index (χ4v) is 3.13. The minimum Gasteiger partial charge on any atom is -0.382 e. The van der Waals surface area contributed by atoms with Crippen LogP contribution in [-0.2, 0) is 4.79 Å². The highest BCUT2D eigenvalue weighted by molar-refractivity contribution is 5.95. The monoisotopic (exact) mass is 327 g/mol. The van der Waals surface area contributed by atoms with Gasteiger partial charge in [0.1, 0.15) is 6.07 Å². The summed E-state index contributed by atoms with van der Waals surface area (Å²) in [4.78, 5) is 23.4. The van der Waals surface area contributed by atoms with Crippen LogP contribution in [0.15, 0.2) is 18.2 Å². The largest absolute Gasteiger partial charge is 0.382 e. The number of carbonyl (C=O) groups is 2. The van der Waals surface area contributed by atoms with Crippen molar-refractivity contribution in [2.75, 3.05) is 18.4 Å². The maximum atomic E-state index is 12.0. The molecule has 1 fully saturated rings. The molecule has 1 amide bonds. The van der Waals surface area contributed by atoms with Gasteiger partial charge in [0.15, 0.2) is 5.78 Å². The summed E-state index contributed by atoms with van der Waals surface area (Å²) in [6.07, 6.45) is 6.71. The van der Waals surface area contributed by atoms with Gasteiger partial charge in [-0.15, -0.1) is 0 Å².